The van der Waals surface area contributed by atoms with E-state index in [1.54, 1.807) is 31.2 Å². The van der Waals surface area contributed by atoms with Gasteiger partial charge in [0.25, 0.3) is 5.78 Å². The first-order valence-corrected chi connectivity index (χ1v) is 6.65. The zero-order valence-electron chi connectivity index (χ0n) is 11.1. The molecule has 2 rings (SSSR count). The predicted octanol–water partition coefficient (Wildman–Crippen LogP) is 2.61. The van der Waals surface area contributed by atoms with E-state index in [1.165, 1.54) is 19.3 Å². The van der Waals surface area contributed by atoms with Gasteiger partial charge >= 0.3 is 5.97 Å². The van der Waals surface area contributed by atoms with Gasteiger partial charge in [0.15, 0.2) is 0 Å². The van der Waals surface area contributed by atoms with Crippen LogP contribution < -0.4 is 4.74 Å². The van der Waals surface area contributed by atoms with Gasteiger partial charge in [0, 0.05) is 0 Å². The SMILES string of the molecule is CCOC(=O)C(=O)c1ccccc1OCC1CCC1. The number of hydrogen-bond acceptors (Lipinski definition) is 4. The zero-order valence-corrected chi connectivity index (χ0v) is 11.1. The minimum Gasteiger partial charge on any atom is -0.493 e. The van der Waals surface area contributed by atoms with Crippen molar-refractivity contribution in [3.63, 3.8) is 0 Å². The fraction of sp³-hybridized carbons (Fsp3) is 0.467. The lowest BCUT2D eigenvalue weighted by Gasteiger charge is -2.25. The van der Waals surface area contributed by atoms with Gasteiger partial charge < -0.3 is 9.47 Å². The normalized spacial score (nSPS) is 14.6. The molecule has 1 fully saturated rings. The van der Waals surface area contributed by atoms with E-state index in [4.69, 9.17) is 9.47 Å². The Morgan fingerprint density at radius 2 is 2.00 bits per heavy atom. The molecular weight excluding hydrogens is 244 g/mol. The molecule has 1 saturated carbocycles. The summed E-state index contributed by atoms with van der Waals surface area (Å²) in [6.07, 6.45) is 3.60. The topological polar surface area (TPSA) is 52.6 Å². The number of ether oxygens (including phenoxy) is 2. The van der Waals surface area contributed by atoms with Gasteiger partial charge in [0.1, 0.15) is 5.75 Å². The summed E-state index contributed by atoms with van der Waals surface area (Å²) in [7, 11) is 0. The molecule has 1 aromatic carbocycles. The number of Topliss-reactive ketones (excluding diaryl/α,β-unsaturated/α-hetero) is 1. The molecule has 4 nitrogen and oxygen atoms in total. The lowest BCUT2D eigenvalue weighted by atomic mass is 9.86. The predicted molar refractivity (Wildman–Crippen MR) is 70.2 cm³/mol. The number of ketones is 1. The minimum atomic E-state index is -0.831. The first kappa shape index (κ1) is 13.6. The Balaban J connectivity index is 2.06. The van der Waals surface area contributed by atoms with Crippen molar-refractivity contribution in [2.45, 2.75) is 26.2 Å². The van der Waals surface area contributed by atoms with Gasteiger partial charge in [0.2, 0.25) is 0 Å². The molecule has 1 aliphatic carbocycles. The second-order valence-corrected chi connectivity index (χ2v) is 4.65. The molecule has 0 aliphatic heterocycles. The Labute approximate surface area is 112 Å². The van der Waals surface area contributed by atoms with E-state index < -0.39 is 11.8 Å². The molecular formula is C15H18O4. The Hall–Kier alpha value is -1.84. The van der Waals surface area contributed by atoms with Crippen LogP contribution in [0.15, 0.2) is 24.3 Å². The number of benzene rings is 1. The van der Waals surface area contributed by atoms with Crippen LogP contribution >= 0.6 is 0 Å². The van der Waals surface area contributed by atoms with Crippen molar-refractivity contribution in [2.24, 2.45) is 5.92 Å². The van der Waals surface area contributed by atoms with Gasteiger partial charge in [-0.25, -0.2) is 4.79 Å². The molecule has 0 saturated heterocycles. The summed E-state index contributed by atoms with van der Waals surface area (Å²) < 4.78 is 10.4. The minimum absolute atomic E-state index is 0.190. The highest BCUT2D eigenvalue weighted by Crippen LogP contribution is 2.28. The summed E-state index contributed by atoms with van der Waals surface area (Å²) in [6.45, 7) is 2.47. The molecule has 0 spiro atoms. The third kappa shape index (κ3) is 3.34. The molecule has 1 aromatic rings. The lowest BCUT2D eigenvalue weighted by molar-refractivity contribution is -0.137. The Morgan fingerprint density at radius 3 is 2.63 bits per heavy atom. The molecule has 0 amide bonds. The number of para-hydroxylation sites is 1. The van der Waals surface area contributed by atoms with Crippen molar-refractivity contribution in [3.05, 3.63) is 29.8 Å². The second kappa shape index (κ2) is 6.36. The second-order valence-electron chi connectivity index (χ2n) is 4.65. The molecule has 0 radical (unpaired) electrons. The highest BCUT2D eigenvalue weighted by atomic mass is 16.5. The molecule has 4 heteroatoms. The van der Waals surface area contributed by atoms with Gasteiger partial charge in [-0.3, -0.25) is 4.79 Å². The number of carbonyl (C=O) groups excluding carboxylic acids is 2. The summed E-state index contributed by atoms with van der Waals surface area (Å²) in [6, 6.07) is 6.81. The molecule has 0 heterocycles. The first-order chi connectivity index (χ1) is 9.22. The first-order valence-electron chi connectivity index (χ1n) is 6.65. The van der Waals surface area contributed by atoms with Crippen LogP contribution in [0.4, 0.5) is 0 Å². The van der Waals surface area contributed by atoms with Crippen molar-refractivity contribution in [2.75, 3.05) is 13.2 Å². The van der Waals surface area contributed by atoms with E-state index >= 15 is 0 Å². The molecule has 1 aliphatic rings. The van der Waals surface area contributed by atoms with Crippen molar-refractivity contribution in [1.82, 2.24) is 0 Å². The van der Waals surface area contributed by atoms with Crippen LogP contribution in [-0.4, -0.2) is 25.0 Å². The molecule has 0 atom stereocenters. The maximum absolute atomic E-state index is 11.9. The maximum Gasteiger partial charge on any atom is 0.379 e. The monoisotopic (exact) mass is 262 g/mol. The lowest BCUT2D eigenvalue weighted by Crippen LogP contribution is -2.22. The highest BCUT2D eigenvalue weighted by molar-refractivity contribution is 6.41. The molecule has 0 aromatic heterocycles. The quantitative estimate of drug-likeness (QED) is 0.449. The van der Waals surface area contributed by atoms with Crippen LogP contribution in [0.25, 0.3) is 0 Å². The average molecular weight is 262 g/mol. The molecule has 0 bridgehead atoms. The van der Waals surface area contributed by atoms with Crippen molar-refractivity contribution >= 4 is 11.8 Å². The largest absolute Gasteiger partial charge is 0.493 e. The number of carbonyl (C=O) groups is 2. The zero-order chi connectivity index (χ0) is 13.7. The Morgan fingerprint density at radius 1 is 1.26 bits per heavy atom. The molecule has 19 heavy (non-hydrogen) atoms. The van der Waals surface area contributed by atoms with E-state index in [0.717, 1.165) is 0 Å². The summed E-state index contributed by atoms with van der Waals surface area (Å²) in [5.74, 6) is -0.438. The van der Waals surface area contributed by atoms with Gasteiger partial charge in [-0.1, -0.05) is 18.6 Å². The van der Waals surface area contributed by atoms with Gasteiger partial charge in [-0.2, -0.15) is 0 Å². The number of hydrogen-bond donors (Lipinski definition) is 0. The smallest absolute Gasteiger partial charge is 0.379 e. The van der Waals surface area contributed by atoms with Crippen molar-refractivity contribution in [3.8, 4) is 5.75 Å². The van der Waals surface area contributed by atoms with Gasteiger partial charge in [-0.15, -0.1) is 0 Å². The van der Waals surface area contributed by atoms with E-state index in [-0.39, 0.29) is 12.2 Å². The van der Waals surface area contributed by atoms with Crippen LogP contribution in [0.5, 0.6) is 5.75 Å². The molecule has 0 N–H and O–H groups in total. The maximum atomic E-state index is 11.9. The molecule has 102 valence electrons. The van der Waals surface area contributed by atoms with Crippen LogP contribution in [0, 0.1) is 5.92 Å². The van der Waals surface area contributed by atoms with E-state index in [0.29, 0.717) is 18.3 Å². The summed E-state index contributed by atoms with van der Waals surface area (Å²) >= 11 is 0. The fourth-order valence-electron chi connectivity index (χ4n) is 1.95. The van der Waals surface area contributed by atoms with Crippen LogP contribution in [0.2, 0.25) is 0 Å². The highest BCUT2D eigenvalue weighted by Gasteiger charge is 2.23. The Kier molecular flexibility index (Phi) is 4.55. The number of rotatable bonds is 6. The van der Waals surface area contributed by atoms with Crippen molar-refractivity contribution in [1.29, 1.82) is 0 Å². The third-order valence-corrected chi connectivity index (χ3v) is 3.29. The van der Waals surface area contributed by atoms with Crippen LogP contribution in [0.1, 0.15) is 36.5 Å². The summed E-state index contributed by atoms with van der Waals surface area (Å²) in [5, 5.41) is 0. The van der Waals surface area contributed by atoms with Gasteiger partial charge in [-0.05, 0) is 37.8 Å². The number of esters is 1. The van der Waals surface area contributed by atoms with Crippen LogP contribution in [0.3, 0.4) is 0 Å². The standard InChI is InChI=1S/C15H18O4/c1-2-18-15(17)14(16)12-8-3-4-9-13(12)19-10-11-6-5-7-11/h3-4,8-9,11H,2,5-7,10H2,1H3. The third-order valence-electron chi connectivity index (χ3n) is 3.29. The van der Waals surface area contributed by atoms with Gasteiger partial charge in [0.05, 0.1) is 18.8 Å². The van der Waals surface area contributed by atoms with Crippen molar-refractivity contribution < 1.29 is 19.1 Å². The van der Waals surface area contributed by atoms with E-state index in [2.05, 4.69) is 0 Å². The fourth-order valence-corrected chi connectivity index (χ4v) is 1.95. The van der Waals surface area contributed by atoms with Crippen LogP contribution in [-0.2, 0) is 9.53 Å². The molecule has 0 unspecified atom stereocenters. The van der Waals surface area contributed by atoms with E-state index in [1.807, 2.05) is 0 Å². The summed E-state index contributed by atoms with van der Waals surface area (Å²) in [5.41, 5.74) is 0.278. The van der Waals surface area contributed by atoms with E-state index in [9.17, 15) is 9.59 Å². The summed E-state index contributed by atoms with van der Waals surface area (Å²) in [4.78, 5) is 23.4. The average Bonchev–Trinajstić information content (AvgIpc) is 2.37. The Bertz CT molecular complexity index is 463.